The van der Waals surface area contributed by atoms with Gasteiger partial charge in [-0.1, -0.05) is 23.4 Å². The summed E-state index contributed by atoms with van der Waals surface area (Å²) < 4.78 is 5.34. The molecule has 6 heteroatoms. The molecule has 2 fully saturated rings. The van der Waals surface area contributed by atoms with Crippen molar-refractivity contribution in [3.63, 3.8) is 0 Å². The zero-order valence-electron chi connectivity index (χ0n) is 8.18. The van der Waals surface area contributed by atoms with Crippen LogP contribution < -0.4 is 4.90 Å². The average Bonchev–Trinajstić information content (AvgIpc) is 2.21. The standard InChI is InChI=1S/C9H10ClN3OS/c1-15-9-11-7(10)2-8(12-9)13-3-6-5(13)4-14-6/h2,5-6H,3-4H2,1H3/t5-,6?/m1/s1. The van der Waals surface area contributed by atoms with Crippen LogP contribution in [0.15, 0.2) is 11.2 Å². The Morgan fingerprint density at radius 2 is 2.47 bits per heavy atom. The van der Waals surface area contributed by atoms with Gasteiger partial charge in [0.1, 0.15) is 11.0 Å². The first-order valence-electron chi connectivity index (χ1n) is 4.75. The van der Waals surface area contributed by atoms with E-state index in [0.29, 0.717) is 17.3 Å². The number of hydrogen-bond acceptors (Lipinski definition) is 5. The lowest BCUT2D eigenvalue weighted by Gasteiger charge is -2.55. The van der Waals surface area contributed by atoms with Gasteiger partial charge in [-0.05, 0) is 6.26 Å². The van der Waals surface area contributed by atoms with Crippen molar-refractivity contribution < 1.29 is 4.74 Å². The van der Waals surface area contributed by atoms with Crippen molar-refractivity contribution in [1.29, 1.82) is 0 Å². The van der Waals surface area contributed by atoms with Crippen molar-refractivity contribution in [3.05, 3.63) is 11.2 Å². The molecule has 2 aliphatic rings. The number of hydrogen-bond donors (Lipinski definition) is 0. The molecule has 3 rings (SSSR count). The summed E-state index contributed by atoms with van der Waals surface area (Å²) in [6.07, 6.45) is 2.36. The van der Waals surface area contributed by atoms with Gasteiger partial charge >= 0.3 is 0 Å². The Morgan fingerprint density at radius 1 is 1.60 bits per heavy atom. The van der Waals surface area contributed by atoms with Crippen LogP contribution in [0.25, 0.3) is 0 Å². The third-order valence-corrected chi connectivity index (χ3v) is 3.57. The summed E-state index contributed by atoms with van der Waals surface area (Å²) in [4.78, 5) is 10.8. The average molecular weight is 244 g/mol. The van der Waals surface area contributed by atoms with E-state index in [2.05, 4.69) is 14.9 Å². The van der Waals surface area contributed by atoms with E-state index in [1.165, 1.54) is 11.8 Å². The molecule has 0 radical (unpaired) electrons. The van der Waals surface area contributed by atoms with Gasteiger partial charge in [-0.3, -0.25) is 0 Å². The van der Waals surface area contributed by atoms with Crippen LogP contribution in [0.2, 0.25) is 5.15 Å². The van der Waals surface area contributed by atoms with Gasteiger partial charge in [0.05, 0.1) is 18.8 Å². The lowest BCUT2D eigenvalue weighted by atomic mass is 9.95. The molecular formula is C9H10ClN3OS. The molecule has 0 bridgehead atoms. The summed E-state index contributed by atoms with van der Waals surface area (Å²) in [7, 11) is 0. The van der Waals surface area contributed by atoms with Crippen LogP contribution in [0.5, 0.6) is 0 Å². The summed E-state index contributed by atoms with van der Waals surface area (Å²) in [5.74, 6) is 0.920. The number of ether oxygens (including phenoxy) is 1. The Bertz CT molecular complexity index is 403. The summed E-state index contributed by atoms with van der Waals surface area (Å²) in [5, 5.41) is 1.23. The maximum Gasteiger partial charge on any atom is 0.190 e. The molecule has 0 N–H and O–H groups in total. The molecule has 0 aliphatic carbocycles. The fourth-order valence-electron chi connectivity index (χ4n) is 1.86. The Kier molecular flexibility index (Phi) is 2.26. The van der Waals surface area contributed by atoms with Crippen molar-refractivity contribution in [3.8, 4) is 0 Å². The van der Waals surface area contributed by atoms with Gasteiger partial charge in [0, 0.05) is 12.6 Å². The minimum absolute atomic E-state index is 0.413. The molecule has 80 valence electrons. The Hall–Kier alpha value is -0.520. The number of aromatic nitrogens is 2. The van der Waals surface area contributed by atoms with Gasteiger partial charge < -0.3 is 9.64 Å². The van der Waals surface area contributed by atoms with Crippen molar-refractivity contribution >= 4 is 29.2 Å². The molecule has 1 unspecified atom stereocenters. The minimum atomic E-state index is 0.413. The lowest BCUT2D eigenvalue weighted by Crippen LogP contribution is -2.71. The highest BCUT2D eigenvalue weighted by atomic mass is 35.5. The second-order valence-electron chi connectivity index (χ2n) is 3.63. The second kappa shape index (κ2) is 3.50. The fourth-order valence-corrected chi connectivity index (χ4v) is 2.46. The van der Waals surface area contributed by atoms with Crippen LogP contribution in [0, 0.1) is 0 Å². The molecule has 2 atom stereocenters. The first-order chi connectivity index (χ1) is 7.28. The second-order valence-corrected chi connectivity index (χ2v) is 4.79. The molecule has 0 aromatic carbocycles. The predicted octanol–water partition coefficient (Wildman–Crippen LogP) is 1.44. The SMILES string of the molecule is CSc1nc(Cl)cc(N2CC3OC[C@H]32)n1. The Morgan fingerprint density at radius 3 is 3.00 bits per heavy atom. The summed E-state index contributed by atoms with van der Waals surface area (Å²) in [5.41, 5.74) is 0. The zero-order valence-corrected chi connectivity index (χ0v) is 9.75. The minimum Gasteiger partial charge on any atom is -0.372 e. The number of rotatable bonds is 2. The molecule has 1 aromatic rings. The molecule has 15 heavy (non-hydrogen) atoms. The molecule has 4 nitrogen and oxygen atoms in total. The smallest absolute Gasteiger partial charge is 0.190 e. The van der Waals surface area contributed by atoms with Crippen molar-refractivity contribution in [2.45, 2.75) is 17.3 Å². The number of morpholine rings is 1. The van der Waals surface area contributed by atoms with E-state index in [-0.39, 0.29) is 0 Å². The highest BCUT2D eigenvalue weighted by Gasteiger charge is 2.48. The number of fused-ring (bicyclic) bond motifs is 1. The summed E-state index contributed by atoms with van der Waals surface area (Å²) in [6.45, 7) is 1.73. The quantitative estimate of drug-likeness (QED) is 0.447. The third kappa shape index (κ3) is 1.49. The highest BCUT2D eigenvalue weighted by Crippen LogP contribution is 2.35. The van der Waals surface area contributed by atoms with E-state index in [1.807, 2.05) is 12.3 Å². The van der Waals surface area contributed by atoms with Crippen LogP contribution in [0.3, 0.4) is 0 Å². The number of thioether (sulfide) groups is 1. The highest BCUT2D eigenvalue weighted by molar-refractivity contribution is 7.98. The normalized spacial score (nSPS) is 28.0. The zero-order chi connectivity index (χ0) is 10.4. The molecule has 1 aromatic heterocycles. The lowest BCUT2D eigenvalue weighted by molar-refractivity contribution is -0.113. The van der Waals surface area contributed by atoms with Gasteiger partial charge in [0.15, 0.2) is 5.16 Å². The van der Waals surface area contributed by atoms with E-state index in [1.54, 1.807) is 0 Å². The molecule has 3 heterocycles. The molecule has 2 saturated heterocycles. The number of anilines is 1. The van der Waals surface area contributed by atoms with Gasteiger partial charge in [0.25, 0.3) is 0 Å². The van der Waals surface area contributed by atoms with Gasteiger partial charge in [-0.25, -0.2) is 9.97 Å². The van der Waals surface area contributed by atoms with E-state index >= 15 is 0 Å². The topological polar surface area (TPSA) is 38.2 Å². The third-order valence-electron chi connectivity index (χ3n) is 2.82. The van der Waals surface area contributed by atoms with Crippen molar-refractivity contribution in [1.82, 2.24) is 9.97 Å². The maximum atomic E-state index is 5.93. The van der Waals surface area contributed by atoms with Crippen LogP contribution in [0.4, 0.5) is 5.82 Å². The fraction of sp³-hybridized carbons (Fsp3) is 0.556. The van der Waals surface area contributed by atoms with E-state index in [0.717, 1.165) is 24.1 Å². The first-order valence-corrected chi connectivity index (χ1v) is 6.35. The van der Waals surface area contributed by atoms with Crippen LogP contribution in [0.1, 0.15) is 0 Å². The molecule has 0 amide bonds. The molecular weight excluding hydrogens is 234 g/mol. The van der Waals surface area contributed by atoms with Crippen molar-refractivity contribution in [2.24, 2.45) is 0 Å². The summed E-state index contributed by atoms with van der Waals surface area (Å²) in [6, 6.07) is 2.32. The van der Waals surface area contributed by atoms with Gasteiger partial charge in [0.2, 0.25) is 0 Å². The predicted molar refractivity (Wildman–Crippen MR) is 59.7 cm³/mol. The largest absolute Gasteiger partial charge is 0.372 e. The van der Waals surface area contributed by atoms with Crippen LogP contribution >= 0.6 is 23.4 Å². The Balaban J connectivity index is 1.87. The van der Waals surface area contributed by atoms with Crippen LogP contribution in [-0.4, -0.2) is 41.5 Å². The Labute approximate surface area is 97.0 Å². The maximum absolute atomic E-state index is 5.93. The van der Waals surface area contributed by atoms with Gasteiger partial charge in [-0.2, -0.15) is 0 Å². The monoisotopic (exact) mass is 243 g/mol. The van der Waals surface area contributed by atoms with E-state index in [9.17, 15) is 0 Å². The number of halogens is 1. The first kappa shape index (κ1) is 9.69. The van der Waals surface area contributed by atoms with Crippen LogP contribution in [-0.2, 0) is 4.74 Å². The van der Waals surface area contributed by atoms with Gasteiger partial charge in [-0.15, -0.1) is 0 Å². The molecule has 2 aliphatic heterocycles. The van der Waals surface area contributed by atoms with E-state index in [4.69, 9.17) is 16.3 Å². The molecule has 0 spiro atoms. The summed E-state index contributed by atoms with van der Waals surface area (Å²) >= 11 is 7.44. The van der Waals surface area contributed by atoms with Crippen molar-refractivity contribution in [2.75, 3.05) is 24.3 Å². The molecule has 0 saturated carbocycles. The van der Waals surface area contributed by atoms with E-state index < -0.39 is 0 Å². The number of nitrogens with zero attached hydrogens (tertiary/aromatic N) is 3.